The Morgan fingerprint density at radius 2 is 1.76 bits per heavy atom. The van der Waals surface area contributed by atoms with E-state index in [0.717, 1.165) is 15.6 Å². The molecule has 0 radical (unpaired) electrons. The van der Waals surface area contributed by atoms with Crippen LogP contribution in [-0.4, -0.2) is 34.5 Å². The van der Waals surface area contributed by atoms with Crippen LogP contribution in [0.3, 0.4) is 0 Å². The zero-order valence-corrected chi connectivity index (χ0v) is 21.6. The summed E-state index contributed by atoms with van der Waals surface area (Å²) in [5.41, 5.74) is 7.44. The van der Waals surface area contributed by atoms with Crippen molar-refractivity contribution in [2.24, 2.45) is 5.73 Å². The molecule has 0 bridgehead atoms. The second-order valence-corrected chi connectivity index (χ2v) is 11.0. The van der Waals surface area contributed by atoms with Crippen molar-refractivity contribution in [2.45, 2.75) is 31.7 Å². The van der Waals surface area contributed by atoms with Gasteiger partial charge in [0.1, 0.15) is 5.82 Å². The normalized spacial score (nSPS) is 11.8. The van der Waals surface area contributed by atoms with E-state index in [4.69, 9.17) is 10.2 Å². The number of hydrogen-bond donors (Lipinski definition) is 2. The molecule has 0 unspecified atom stereocenters. The maximum atomic E-state index is 15.2. The quantitative estimate of drug-likeness (QED) is 0.302. The van der Waals surface area contributed by atoms with Crippen LogP contribution in [0.2, 0.25) is 0 Å². The van der Waals surface area contributed by atoms with Crippen molar-refractivity contribution in [3.05, 3.63) is 83.8 Å². The van der Waals surface area contributed by atoms with Crippen LogP contribution in [0.25, 0.3) is 33.5 Å². The summed E-state index contributed by atoms with van der Waals surface area (Å²) in [5.74, 6) is -1.29. The fourth-order valence-corrected chi connectivity index (χ4v) is 5.47. The minimum Gasteiger partial charge on any atom is -0.403 e. The molecule has 2 aromatic heterocycles. The molecule has 9 nitrogen and oxygen atoms in total. The molecule has 0 fully saturated rings. The van der Waals surface area contributed by atoms with Crippen molar-refractivity contribution in [1.82, 2.24) is 14.2 Å². The van der Waals surface area contributed by atoms with Gasteiger partial charge in [-0.25, -0.2) is 16.8 Å². The van der Waals surface area contributed by atoms with Gasteiger partial charge in [0, 0.05) is 39.9 Å². The first-order valence-electron chi connectivity index (χ1n) is 11.7. The van der Waals surface area contributed by atoms with Gasteiger partial charge in [-0.1, -0.05) is 28.9 Å². The zero-order chi connectivity index (χ0) is 27.2. The number of benzene rings is 3. The Labute approximate surface area is 218 Å². The lowest BCUT2D eigenvalue weighted by Crippen LogP contribution is -2.12. The Hall–Kier alpha value is -4.51. The Morgan fingerprint density at radius 3 is 2.42 bits per heavy atom. The number of aromatic nitrogens is 3. The van der Waals surface area contributed by atoms with Crippen molar-refractivity contribution in [1.29, 1.82) is 0 Å². The molecule has 0 saturated heterocycles. The summed E-state index contributed by atoms with van der Waals surface area (Å²) in [7, 11) is -4.03. The lowest BCUT2D eigenvalue weighted by molar-refractivity contribution is 0.1000. The highest BCUT2D eigenvalue weighted by molar-refractivity contribution is 7.90. The molecule has 38 heavy (non-hydrogen) atoms. The van der Waals surface area contributed by atoms with Crippen LogP contribution in [0.4, 0.5) is 10.4 Å². The van der Waals surface area contributed by atoms with E-state index in [1.54, 1.807) is 30.3 Å². The summed E-state index contributed by atoms with van der Waals surface area (Å²) in [6, 6.07) is 15.5. The van der Waals surface area contributed by atoms with Gasteiger partial charge in [-0.05, 0) is 63.2 Å². The number of nitrogens with two attached hydrogens (primary N) is 1. The van der Waals surface area contributed by atoms with Crippen molar-refractivity contribution >= 4 is 32.8 Å². The number of anilines is 1. The first-order valence-corrected chi connectivity index (χ1v) is 13.2. The van der Waals surface area contributed by atoms with E-state index in [9.17, 15) is 13.2 Å². The van der Waals surface area contributed by atoms with Gasteiger partial charge in [0.2, 0.25) is 11.8 Å². The fourth-order valence-electron chi connectivity index (χ4n) is 4.10. The van der Waals surface area contributed by atoms with Crippen molar-refractivity contribution in [2.75, 3.05) is 5.32 Å². The molecule has 3 N–H and O–H groups in total. The second kappa shape index (κ2) is 9.42. The predicted octanol–water partition coefficient (Wildman–Crippen LogP) is 4.96. The number of primary amides is 1. The van der Waals surface area contributed by atoms with Crippen LogP contribution < -0.4 is 11.1 Å². The SMILES string of the molecule is Cc1ccc(S(=O)(=O)n2cc(-c3ccc(C(N)=O)cc3F)c3cc(-c4nnc(NC(C)C)o4)ccc32)cc1. The third-order valence-corrected chi connectivity index (χ3v) is 7.66. The number of amides is 1. The third-order valence-electron chi connectivity index (χ3n) is 5.98. The molecular formula is C27H24FN5O4S. The van der Waals surface area contributed by atoms with E-state index in [1.807, 2.05) is 20.8 Å². The minimum absolute atomic E-state index is 0.000930. The maximum absolute atomic E-state index is 15.2. The first kappa shape index (κ1) is 25.2. The largest absolute Gasteiger partial charge is 0.403 e. The summed E-state index contributed by atoms with van der Waals surface area (Å²) >= 11 is 0. The monoisotopic (exact) mass is 533 g/mol. The average Bonchev–Trinajstić information content (AvgIpc) is 3.48. The molecule has 0 saturated carbocycles. The number of rotatable bonds is 7. The lowest BCUT2D eigenvalue weighted by Gasteiger charge is -2.08. The number of aryl methyl sites for hydroxylation is 1. The van der Waals surface area contributed by atoms with Gasteiger partial charge in [-0.15, -0.1) is 5.10 Å². The molecule has 11 heteroatoms. The van der Waals surface area contributed by atoms with Crippen LogP contribution in [-0.2, 0) is 10.0 Å². The highest BCUT2D eigenvalue weighted by Gasteiger charge is 2.24. The average molecular weight is 534 g/mol. The van der Waals surface area contributed by atoms with Crippen LogP contribution in [0.5, 0.6) is 0 Å². The first-order chi connectivity index (χ1) is 18.0. The molecule has 3 aromatic carbocycles. The van der Waals surface area contributed by atoms with Gasteiger partial charge >= 0.3 is 6.01 Å². The standard InChI is InChI=1S/C27H24FN5O4S/c1-15(2)30-27-32-31-26(37-27)18-7-11-24-21(12-18)22(20-10-6-17(25(29)34)13-23(20)28)14-33(24)38(35,36)19-8-4-16(3)5-9-19/h4-15H,1-3H3,(H2,29,34)(H,30,32). The smallest absolute Gasteiger partial charge is 0.315 e. The van der Waals surface area contributed by atoms with E-state index in [0.29, 0.717) is 22.0 Å². The summed E-state index contributed by atoms with van der Waals surface area (Å²) in [4.78, 5) is 11.6. The van der Waals surface area contributed by atoms with Crippen LogP contribution >= 0.6 is 0 Å². The van der Waals surface area contributed by atoms with Crippen molar-refractivity contribution in [3.8, 4) is 22.6 Å². The molecule has 0 spiro atoms. The molecule has 5 rings (SSSR count). The molecule has 0 aliphatic rings. The molecule has 0 aliphatic heterocycles. The van der Waals surface area contributed by atoms with Crippen molar-refractivity contribution in [3.63, 3.8) is 0 Å². The molecule has 194 valence electrons. The summed E-state index contributed by atoms with van der Waals surface area (Å²) in [6.07, 6.45) is 1.37. The second-order valence-electron chi connectivity index (χ2n) is 9.16. The fraction of sp³-hybridized carbons (Fsp3) is 0.148. The molecular weight excluding hydrogens is 509 g/mol. The maximum Gasteiger partial charge on any atom is 0.315 e. The van der Waals surface area contributed by atoms with E-state index >= 15 is 4.39 Å². The van der Waals surface area contributed by atoms with E-state index in [-0.39, 0.29) is 34.0 Å². The Bertz CT molecular complexity index is 1790. The van der Waals surface area contributed by atoms with Gasteiger partial charge in [0.25, 0.3) is 10.0 Å². The molecule has 2 heterocycles. The number of halogens is 1. The Morgan fingerprint density at radius 1 is 1.03 bits per heavy atom. The number of carbonyl (C=O) groups is 1. The van der Waals surface area contributed by atoms with Gasteiger partial charge in [-0.3, -0.25) is 4.79 Å². The lowest BCUT2D eigenvalue weighted by atomic mass is 10.0. The van der Waals surface area contributed by atoms with Gasteiger partial charge in [-0.2, -0.15) is 0 Å². The number of fused-ring (bicyclic) bond motifs is 1. The number of hydrogen-bond acceptors (Lipinski definition) is 7. The van der Waals surface area contributed by atoms with Crippen LogP contribution in [0.15, 0.2) is 76.2 Å². The number of nitrogens with one attached hydrogen (secondary N) is 1. The molecule has 0 atom stereocenters. The van der Waals surface area contributed by atoms with Gasteiger partial charge in [0.15, 0.2) is 0 Å². The summed E-state index contributed by atoms with van der Waals surface area (Å²) < 4.78 is 49.4. The topological polar surface area (TPSA) is 133 Å². The predicted molar refractivity (Wildman–Crippen MR) is 142 cm³/mol. The zero-order valence-electron chi connectivity index (χ0n) is 20.8. The van der Waals surface area contributed by atoms with E-state index < -0.39 is 21.7 Å². The van der Waals surface area contributed by atoms with Gasteiger partial charge < -0.3 is 15.5 Å². The van der Waals surface area contributed by atoms with Crippen LogP contribution in [0, 0.1) is 12.7 Å². The molecule has 0 aliphatic carbocycles. The van der Waals surface area contributed by atoms with E-state index in [2.05, 4.69) is 15.5 Å². The Balaban J connectivity index is 1.73. The number of nitrogens with zero attached hydrogens (tertiary/aromatic N) is 3. The molecule has 1 amide bonds. The van der Waals surface area contributed by atoms with Crippen molar-refractivity contribution < 1.29 is 22.0 Å². The summed E-state index contributed by atoms with van der Waals surface area (Å²) in [5, 5.41) is 11.5. The highest BCUT2D eigenvalue weighted by atomic mass is 32.2. The van der Waals surface area contributed by atoms with Crippen LogP contribution in [0.1, 0.15) is 29.8 Å². The third kappa shape index (κ3) is 4.52. The van der Waals surface area contributed by atoms with Gasteiger partial charge in [0.05, 0.1) is 10.4 Å². The summed E-state index contributed by atoms with van der Waals surface area (Å²) in [6.45, 7) is 5.72. The number of carbonyl (C=O) groups excluding carboxylic acids is 1. The Kier molecular flexibility index (Phi) is 6.23. The minimum atomic E-state index is -4.03. The van der Waals surface area contributed by atoms with E-state index in [1.165, 1.54) is 30.5 Å². The molecule has 5 aromatic rings. The highest BCUT2D eigenvalue weighted by Crippen LogP contribution is 2.37.